The van der Waals surface area contributed by atoms with Gasteiger partial charge in [0.2, 0.25) is 0 Å². The number of aromatic hydroxyl groups is 2. The van der Waals surface area contributed by atoms with Crippen molar-refractivity contribution in [3.8, 4) is 23.0 Å². The Morgan fingerprint density at radius 3 is 2.42 bits per heavy atom. The normalized spacial score (nSPS) is 17.4. The van der Waals surface area contributed by atoms with E-state index in [1.165, 1.54) is 12.7 Å². The molecule has 0 saturated heterocycles. The maximum atomic E-state index is 10.1. The van der Waals surface area contributed by atoms with E-state index in [9.17, 15) is 10.2 Å². The van der Waals surface area contributed by atoms with Crippen molar-refractivity contribution < 1.29 is 19.7 Å². The highest BCUT2D eigenvalue weighted by Gasteiger charge is 2.27. The third-order valence-corrected chi connectivity index (χ3v) is 4.74. The van der Waals surface area contributed by atoms with Crippen LogP contribution in [0.15, 0.2) is 30.3 Å². The number of phenols is 2. The van der Waals surface area contributed by atoms with Gasteiger partial charge >= 0.3 is 0 Å². The molecule has 0 saturated carbocycles. The summed E-state index contributed by atoms with van der Waals surface area (Å²) in [5, 5.41) is 20.1. The first-order valence-electron chi connectivity index (χ1n) is 7.99. The van der Waals surface area contributed by atoms with Crippen molar-refractivity contribution in [3.05, 3.63) is 47.0 Å². The molecule has 1 aliphatic rings. The molecule has 1 aliphatic heterocycles. The van der Waals surface area contributed by atoms with Crippen LogP contribution in [0.25, 0.3) is 0 Å². The predicted octanol–water partition coefficient (Wildman–Crippen LogP) is 2.89. The molecule has 0 amide bonds. The van der Waals surface area contributed by atoms with Gasteiger partial charge in [-0.1, -0.05) is 6.07 Å². The number of hydrogen-bond acceptors (Lipinski definition) is 5. The number of nitrogens with zero attached hydrogens (tertiary/aromatic N) is 1. The number of rotatable bonds is 4. The highest BCUT2D eigenvalue weighted by molar-refractivity contribution is 5.49. The van der Waals surface area contributed by atoms with Gasteiger partial charge in [0.05, 0.1) is 14.2 Å². The molecule has 0 unspecified atom stereocenters. The third-order valence-electron chi connectivity index (χ3n) is 4.74. The van der Waals surface area contributed by atoms with Crippen LogP contribution in [0.3, 0.4) is 0 Å². The van der Waals surface area contributed by atoms with Crippen LogP contribution in [0.4, 0.5) is 0 Å². The predicted molar refractivity (Wildman–Crippen MR) is 92.1 cm³/mol. The smallest absolute Gasteiger partial charge is 0.160 e. The van der Waals surface area contributed by atoms with Gasteiger partial charge in [-0.05, 0) is 60.8 Å². The molecule has 24 heavy (non-hydrogen) atoms. The standard InChI is InChI=1S/C19H23NO4/c1-20-7-6-13-10-19(24-3)17(22)11-14(13)15(20)8-12-4-5-18(23-2)16(21)9-12/h4-5,9-11,15,21-22H,6-8H2,1-3H3/t15-/m1/s1. The first kappa shape index (κ1) is 16.5. The van der Waals surface area contributed by atoms with Crippen LogP contribution in [0.2, 0.25) is 0 Å². The van der Waals surface area contributed by atoms with Gasteiger partial charge in [0, 0.05) is 12.6 Å². The van der Waals surface area contributed by atoms with Crippen molar-refractivity contribution in [3.63, 3.8) is 0 Å². The first-order valence-corrected chi connectivity index (χ1v) is 7.99. The Kier molecular flexibility index (Phi) is 4.53. The molecule has 5 nitrogen and oxygen atoms in total. The van der Waals surface area contributed by atoms with Gasteiger partial charge in [0.15, 0.2) is 23.0 Å². The average molecular weight is 329 g/mol. The number of likely N-dealkylation sites (N-methyl/N-ethyl adjacent to an activating group) is 1. The lowest BCUT2D eigenvalue weighted by molar-refractivity contribution is 0.228. The van der Waals surface area contributed by atoms with E-state index >= 15 is 0 Å². The molecule has 0 aromatic heterocycles. The molecule has 2 N–H and O–H groups in total. The number of benzene rings is 2. The van der Waals surface area contributed by atoms with Gasteiger partial charge in [0.1, 0.15) is 0 Å². The van der Waals surface area contributed by atoms with Crippen molar-refractivity contribution in [1.82, 2.24) is 4.90 Å². The summed E-state index contributed by atoms with van der Waals surface area (Å²) in [5.41, 5.74) is 3.33. The Hall–Kier alpha value is -2.40. The Morgan fingerprint density at radius 2 is 1.75 bits per heavy atom. The van der Waals surface area contributed by atoms with Crippen LogP contribution >= 0.6 is 0 Å². The van der Waals surface area contributed by atoms with E-state index in [1.807, 2.05) is 12.1 Å². The summed E-state index contributed by atoms with van der Waals surface area (Å²) >= 11 is 0. The molecule has 0 spiro atoms. The highest BCUT2D eigenvalue weighted by atomic mass is 16.5. The van der Waals surface area contributed by atoms with Crippen molar-refractivity contribution in [2.24, 2.45) is 0 Å². The fourth-order valence-electron chi connectivity index (χ4n) is 3.36. The molecule has 0 aliphatic carbocycles. The van der Waals surface area contributed by atoms with Crippen molar-refractivity contribution >= 4 is 0 Å². The lowest BCUT2D eigenvalue weighted by Crippen LogP contribution is -2.33. The minimum atomic E-state index is 0.137. The molecule has 3 rings (SSSR count). The molecule has 2 aromatic carbocycles. The lowest BCUT2D eigenvalue weighted by atomic mass is 9.88. The Bertz CT molecular complexity index is 744. The zero-order valence-electron chi connectivity index (χ0n) is 14.2. The second kappa shape index (κ2) is 6.61. The van der Waals surface area contributed by atoms with Gasteiger partial charge in [-0.15, -0.1) is 0 Å². The van der Waals surface area contributed by atoms with Crippen LogP contribution in [0.5, 0.6) is 23.0 Å². The van der Waals surface area contributed by atoms with Crippen LogP contribution < -0.4 is 9.47 Å². The number of phenolic OH excluding ortho intramolecular Hbond substituents is 2. The summed E-state index contributed by atoms with van der Waals surface area (Å²) in [6, 6.07) is 9.35. The lowest BCUT2D eigenvalue weighted by Gasteiger charge is -2.35. The van der Waals surface area contributed by atoms with Crippen molar-refractivity contribution in [1.29, 1.82) is 0 Å². The average Bonchev–Trinajstić information content (AvgIpc) is 2.57. The number of methoxy groups -OCH3 is 2. The van der Waals surface area contributed by atoms with E-state index in [-0.39, 0.29) is 17.5 Å². The topological polar surface area (TPSA) is 62.2 Å². The van der Waals surface area contributed by atoms with Crippen LogP contribution in [-0.4, -0.2) is 42.9 Å². The maximum absolute atomic E-state index is 10.1. The van der Waals surface area contributed by atoms with Gasteiger partial charge in [-0.2, -0.15) is 0 Å². The van der Waals surface area contributed by atoms with E-state index in [0.29, 0.717) is 11.5 Å². The zero-order chi connectivity index (χ0) is 17.3. The molecule has 0 bridgehead atoms. The summed E-state index contributed by atoms with van der Waals surface area (Å²) in [6.45, 7) is 0.938. The summed E-state index contributed by atoms with van der Waals surface area (Å²) in [5.74, 6) is 1.29. The zero-order valence-corrected chi connectivity index (χ0v) is 14.2. The van der Waals surface area contributed by atoms with Gasteiger partial charge in [-0.3, -0.25) is 4.90 Å². The Balaban J connectivity index is 1.94. The molecule has 1 atom stereocenters. The van der Waals surface area contributed by atoms with E-state index < -0.39 is 0 Å². The van der Waals surface area contributed by atoms with Crippen molar-refractivity contribution in [2.45, 2.75) is 18.9 Å². The second-order valence-corrected chi connectivity index (χ2v) is 6.18. The third kappa shape index (κ3) is 2.99. The largest absolute Gasteiger partial charge is 0.504 e. The Labute approximate surface area is 142 Å². The second-order valence-electron chi connectivity index (χ2n) is 6.18. The number of fused-ring (bicyclic) bond motifs is 1. The molecule has 1 heterocycles. The minimum Gasteiger partial charge on any atom is -0.504 e. The summed E-state index contributed by atoms with van der Waals surface area (Å²) in [4.78, 5) is 2.27. The fraction of sp³-hybridized carbons (Fsp3) is 0.368. The van der Waals surface area contributed by atoms with Gasteiger partial charge in [0.25, 0.3) is 0 Å². The quantitative estimate of drug-likeness (QED) is 0.903. The number of hydrogen-bond donors (Lipinski definition) is 2. The monoisotopic (exact) mass is 329 g/mol. The maximum Gasteiger partial charge on any atom is 0.160 e. The van der Waals surface area contributed by atoms with Gasteiger partial charge in [-0.25, -0.2) is 0 Å². The van der Waals surface area contributed by atoms with E-state index in [0.717, 1.165) is 30.5 Å². The van der Waals surface area contributed by atoms with Gasteiger partial charge < -0.3 is 19.7 Å². The van der Waals surface area contributed by atoms with Crippen LogP contribution in [0.1, 0.15) is 22.7 Å². The molecule has 2 aromatic rings. The van der Waals surface area contributed by atoms with Crippen molar-refractivity contribution in [2.75, 3.05) is 27.8 Å². The van der Waals surface area contributed by atoms with E-state index in [2.05, 4.69) is 11.9 Å². The molecule has 0 fully saturated rings. The fourth-order valence-corrected chi connectivity index (χ4v) is 3.36. The summed E-state index contributed by atoms with van der Waals surface area (Å²) in [6.07, 6.45) is 1.67. The van der Waals surface area contributed by atoms with E-state index in [1.54, 1.807) is 25.3 Å². The molecule has 0 radical (unpaired) electrons. The minimum absolute atomic E-state index is 0.137. The molecule has 5 heteroatoms. The van der Waals surface area contributed by atoms with Crippen LogP contribution in [0, 0.1) is 0 Å². The first-order chi connectivity index (χ1) is 11.5. The Morgan fingerprint density at radius 1 is 1.04 bits per heavy atom. The molecule has 128 valence electrons. The SMILES string of the molecule is COc1ccc(C[C@@H]2c3cc(O)c(OC)cc3CCN2C)cc1O. The van der Waals surface area contributed by atoms with Crippen LogP contribution in [-0.2, 0) is 12.8 Å². The molecular weight excluding hydrogens is 306 g/mol. The molecular formula is C19H23NO4. The summed E-state index contributed by atoms with van der Waals surface area (Å²) < 4.78 is 10.3. The van der Waals surface area contributed by atoms with E-state index in [4.69, 9.17) is 9.47 Å². The number of ether oxygens (including phenoxy) is 2. The summed E-state index contributed by atoms with van der Waals surface area (Å²) in [7, 11) is 5.18. The highest BCUT2D eigenvalue weighted by Crippen LogP contribution is 2.39.